The van der Waals surface area contributed by atoms with E-state index < -0.39 is 12.1 Å². The number of hydrogen-bond donors (Lipinski definition) is 3. The van der Waals surface area contributed by atoms with Gasteiger partial charge in [0, 0.05) is 28.9 Å². The highest BCUT2D eigenvalue weighted by atomic mass is 32.1. The second-order valence-corrected chi connectivity index (χ2v) is 10.5. The number of hydrogen-bond acceptors (Lipinski definition) is 6. The quantitative estimate of drug-likeness (QED) is 0.466. The van der Waals surface area contributed by atoms with Crippen molar-refractivity contribution in [2.24, 2.45) is 0 Å². The van der Waals surface area contributed by atoms with Crippen LogP contribution in [-0.4, -0.2) is 74.6 Å². The van der Waals surface area contributed by atoms with Crippen molar-refractivity contribution in [3.63, 3.8) is 0 Å². The van der Waals surface area contributed by atoms with Crippen LogP contribution >= 0.6 is 11.3 Å². The number of likely N-dealkylation sites (tertiary alicyclic amines) is 1. The highest BCUT2D eigenvalue weighted by Crippen LogP contribution is 2.49. The third kappa shape index (κ3) is 7.10. The van der Waals surface area contributed by atoms with Gasteiger partial charge in [-0.1, -0.05) is 12.1 Å². The number of likely N-dealkylation sites (N-methyl/N-ethyl adjacent to an activating group) is 1. The Morgan fingerprint density at radius 2 is 1.89 bits per heavy atom. The Hall–Kier alpha value is -2.99. The van der Waals surface area contributed by atoms with Gasteiger partial charge >= 0.3 is 18.2 Å². The van der Waals surface area contributed by atoms with E-state index >= 15 is 0 Å². The van der Waals surface area contributed by atoms with Crippen LogP contribution in [0.4, 0.5) is 18.0 Å². The van der Waals surface area contributed by atoms with Crippen molar-refractivity contribution in [2.75, 3.05) is 34.4 Å². The number of carbonyl (C=O) groups is 2. The first kappa shape index (κ1) is 29.6. The summed E-state index contributed by atoms with van der Waals surface area (Å²) in [5, 5.41) is 15.4. The fourth-order valence-corrected chi connectivity index (χ4v) is 6.09. The average molecular weight is 558 g/mol. The molecule has 2 aromatic rings. The van der Waals surface area contributed by atoms with Crippen LogP contribution in [0.15, 0.2) is 35.7 Å². The molecule has 4 rings (SSSR count). The van der Waals surface area contributed by atoms with Gasteiger partial charge in [0.1, 0.15) is 0 Å². The molecule has 1 aromatic heterocycles. The van der Waals surface area contributed by atoms with Crippen LogP contribution in [0.3, 0.4) is 0 Å². The number of thiophene rings is 1. The number of methoxy groups -OCH3 is 2. The molecule has 1 saturated heterocycles. The van der Waals surface area contributed by atoms with E-state index in [2.05, 4.69) is 46.2 Å². The summed E-state index contributed by atoms with van der Waals surface area (Å²) in [6.07, 6.45) is -0.0786. The van der Waals surface area contributed by atoms with Gasteiger partial charge < -0.3 is 30.1 Å². The zero-order valence-electron chi connectivity index (χ0n) is 21.6. The molecular weight excluding hydrogens is 523 g/mol. The Balaban J connectivity index is 0.000000505. The number of nitrogens with zero attached hydrogens (tertiary/aromatic N) is 1. The molecule has 2 amide bonds. The molecule has 1 aliphatic carbocycles. The maximum Gasteiger partial charge on any atom is 0.490 e. The van der Waals surface area contributed by atoms with Crippen molar-refractivity contribution in [1.29, 1.82) is 0 Å². The van der Waals surface area contributed by atoms with E-state index in [0.717, 1.165) is 50.1 Å². The number of benzene rings is 1. The summed E-state index contributed by atoms with van der Waals surface area (Å²) in [4.78, 5) is 25.1. The van der Waals surface area contributed by atoms with Crippen molar-refractivity contribution in [2.45, 2.75) is 55.8 Å². The number of carboxylic acid groups (broad SMARTS) is 1. The van der Waals surface area contributed by atoms with Crippen LogP contribution in [0, 0.1) is 0 Å². The molecule has 38 heavy (non-hydrogen) atoms. The third-order valence-corrected chi connectivity index (χ3v) is 8.24. The van der Waals surface area contributed by atoms with Crippen molar-refractivity contribution in [3.05, 3.63) is 46.2 Å². The summed E-state index contributed by atoms with van der Waals surface area (Å²) in [6.45, 7) is 1.73. The minimum Gasteiger partial charge on any atom is -0.493 e. The van der Waals surface area contributed by atoms with Crippen LogP contribution < -0.4 is 20.1 Å². The molecule has 0 bridgehead atoms. The van der Waals surface area contributed by atoms with Gasteiger partial charge in [-0.05, 0) is 74.8 Å². The molecule has 1 saturated carbocycles. The second kappa shape index (κ2) is 12.7. The van der Waals surface area contributed by atoms with Crippen molar-refractivity contribution >= 4 is 23.3 Å². The number of amides is 2. The Labute approximate surface area is 224 Å². The zero-order valence-corrected chi connectivity index (χ0v) is 22.5. The topological polar surface area (TPSA) is 100 Å². The predicted molar refractivity (Wildman–Crippen MR) is 138 cm³/mol. The molecule has 1 aromatic carbocycles. The molecule has 3 unspecified atom stereocenters. The molecular formula is C26H34F3N3O5S. The Morgan fingerprint density at radius 1 is 1.18 bits per heavy atom. The normalized spacial score (nSPS) is 23.0. The molecule has 0 radical (unpaired) electrons. The number of alkyl halides is 3. The molecule has 2 heterocycles. The minimum absolute atomic E-state index is 0.0548. The van der Waals surface area contributed by atoms with Crippen LogP contribution in [0.5, 0.6) is 11.5 Å². The summed E-state index contributed by atoms with van der Waals surface area (Å²) in [5.41, 5.74) is 1.42. The summed E-state index contributed by atoms with van der Waals surface area (Å²) < 4.78 is 42.7. The Morgan fingerprint density at radius 3 is 2.50 bits per heavy atom. The number of carbonyl (C=O) groups excluding carboxylic acids is 1. The van der Waals surface area contributed by atoms with Crippen molar-refractivity contribution in [3.8, 4) is 11.5 Å². The molecule has 0 spiro atoms. The Bertz CT molecular complexity index is 1080. The number of halogens is 3. The highest BCUT2D eigenvalue weighted by molar-refractivity contribution is 7.09. The molecule has 8 nitrogen and oxygen atoms in total. The molecule has 3 N–H and O–H groups in total. The number of fused-ring (bicyclic) bond motifs is 1. The summed E-state index contributed by atoms with van der Waals surface area (Å²) >= 11 is 1.73. The molecule has 3 atom stereocenters. The van der Waals surface area contributed by atoms with Crippen molar-refractivity contribution < 1.29 is 37.3 Å². The smallest absolute Gasteiger partial charge is 0.490 e. The predicted octanol–water partition coefficient (Wildman–Crippen LogP) is 4.43. The number of rotatable bonds is 7. The SMILES string of the molecule is COc1ccc(C23CCC(NC(=O)NCCc4cccs4)CC2N(C)CC3)cc1OC.O=C(O)C(F)(F)F. The van der Waals surface area contributed by atoms with E-state index in [-0.39, 0.29) is 17.5 Å². The lowest BCUT2D eigenvalue weighted by atomic mass is 9.65. The Kier molecular flexibility index (Phi) is 9.88. The fourth-order valence-electron chi connectivity index (χ4n) is 5.39. The first-order valence-electron chi connectivity index (χ1n) is 12.3. The van der Waals surface area contributed by atoms with Gasteiger partial charge in [-0.25, -0.2) is 9.59 Å². The van der Waals surface area contributed by atoms with Gasteiger partial charge in [-0.2, -0.15) is 13.2 Å². The van der Waals surface area contributed by atoms with E-state index in [0.29, 0.717) is 12.6 Å². The lowest BCUT2D eigenvalue weighted by Crippen LogP contribution is -2.53. The second-order valence-electron chi connectivity index (χ2n) is 9.48. The van der Waals surface area contributed by atoms with Gasteiger partial charge in [-0.15, -0.1) is 11.3 Å². The number of aliphatic carboxylic acids is 1. The van der Waals surface area contributed by atoms with E-state index in [4.69, 9.17) is 19.4 Å². The van der Waals surface area contributed by atoms with Gasteiger partial charge in [0.15, 0.2) is 11.5 Å². The number of ether oxygens (including phenoxy) is 2. The first-order chi connectivity index (χ1) is 18.0. The maximum atomic E-state index is 12.5. The monoisotopic (exact) mass is 557 g/mol. The lowest BCUT2D eigenvalue weighted by Gasteiger charge is -2.45. The van der Waals surface area contributed by atoms with E-state index in [9.17, 15) is 18.0 Å². The third-order valence-electron chi connectivity index (χ3n) is 7.30. The molecule has 12 heteroatoms. The number of carboxylic acids is 1. The van der Waals surface area contributed by atoms with Gasteiger partial charge in [0.2, 0.25) is 0 Å². The molecule has 210 valence electrons. The number of nitrogens with one attached hydrogen (secondary N) is 2. The zero-order chi connectivity index (χ0) is 27.9. The van der Waals surface area contributed by atoms with Gasteiger partial charge in [0.25, 0.3) is 0 Å². The summed E-state index contributed by atoms with van der Waals surface area (Å²) in [7, 11) is 5.57. The van der Waals surface area contributed by atoms with E-state index in [1.54, 1.807) is 25.6 Å². The lowest BCUT2D eigenvalue weighted by molar-refractivity contribution is -0.192. The summed E-state index contributed by atoms with van der Waals surface area (Å²) in [6, 6.07) is 11.1. The average Bonchev–Trinajstić information content (AvgIpc) is 3.52. The van der Waals surface area contributed by atoms with Crippen LogP contribution in [0.25, 0.3) is 0 Å². The maximum absolute atomic E-state index is 12.5. The minimum atomic E-state index is -5.08. The van der Waals surface area contributed by atoms with Crippen LogP contribution in [0.1, 0.15) is 36.1 Å². The first-order valence-corrected chi connectivity index (χ1v) is 13.2. The van der Waals surface area contributed by atoms with Crippen molar-refractivity contribution in [1.82, 2.24) is 15.5 Å². The van der Waals surface area contributed by atoms with E-state index in [1.807, 2.05) is 12.1 Å². The van der Waals surface area contributed by atoms with Gasteiger partial charge in [0.05, 0.1) is 14.2 Å². The number of urea groups is 1. The van der Waals surface area contributed by atoms with Crippen LogP contribution in [0.2, 0.25) is 0 Å². The highest BCUT2D eigenvalue weighted by Gasteiger charge is 2.50. The molecule has 2 fully saturated rings. The van der Waals surface area contributed by atoms with Gasteiger partial charge in [-0.3, -0.25) is 0 Å². The standard InChI is InChI=1S/C24H33N3O3S.C2HF3O2/c1-27-13-11-24(17-6-7-20(29-2)21(15-17)30-3)10-8-18(16-22(24)27)26-23(28)25-12-9-19-5-4-14-31-19;3-2(4,5)1(6)7/h4-7,14-15,18,22H,8-13,16H2,1-3H3,(H2,25,26,28);(H,6,7). The fraction of sp³-hybridized carbons (Fsp3) is 0.538. The largest absolute Gasteiger partial charge is 0.493 e. The van der Waals surface area contributed by atoms with E-state index in [1.165, 1.54) is 10.4 Å². The van der Waals surface area contributed by atoms with Crippen LogP contribution in [-0.2, 0) is 16.6 Å². The summed E-state index contributed by atoms with van der Waals surface area (Å²) in [5.74, 6) is -1.21. The molecule has 1 aliphatic heterocycles. The molecule has 2 aliphatic rings.